The summed E-state index contributed by atoms with van der Waals surface area (Å²) in [7, 11) is 0. The number of rotatable bonds is 10. The van der Waals surface area contributed by atoms with Crippen LogP contribution in [-0.2, 0) is 19.3 Å². The van der Waals surface area contributed by atoms with Crippen LogP contribution in [0.15, 0.2) is 36.4 Å². The summed E-state index contributed by atoms with van der Waals surface area (Å²) in [4.78, 5) is 12.6. The van der Waals surface area contributed by atoms with E-state index in [0.717, 1.165) is 24.8 Å². The van der Waals surface area contributed by atoms with Crippen molar-refractivity contribution in [1.82, 2.24) is 0 Å². The van der Waals surface area contributed by atoms with E-state index in [4.69, 9.17) is 0 Å². The maximum atomic E-state index is 12.6. The lowest BCUT2D eigenvalue weighted by Gasteiger charge is -2.21. The summed E-state index contributed by atoms with van der Waals surface area (Å²) in [6, 6.07) is 13.4. The molecule has 0 atom stereocenters. The fourth-order valence-corrected chi connectivity index (χ4v) is 4.19. The minimum absolute atomic E-state index is 0.315. The summed E-state index contributed by atoms with van der Waals surface area (Å²) in [5.41, 5.74) is 7.90. The second kappa shape index (κ2) is 9.88. The van der Waals surface area contributed by atoms with Gasteiger partial charge in [0.15, 0.2) is 5.78 Å². The minimum atomic E-state index is 0.315. The van der Waals surface area contributed by atoms with E-state index in [9.17, 15) is 4.79 Å². The maximum Gasteiger partial charge on any atom is 0.162 e. The number of carbonyl (C=O) groups excluding carboxylic acids is 1. The number of carbonyl (C=O) groups is 1. The van der Waals surface area contributed by atoms with Gasteiger partial charge in [0.05, 0.1) is 0 Å². The van der Waals surface area contributed by atoms with E-state index < -0.39 is 0 Å². The van der Waals surface area contributed by atoms with Crippen molar-refractivity contribution in [2.24, 2.45) is 0 Å². The van der Waals surface area contributed by atoms with Gasteiger partial charge in [0.25, 0.3) is 0 Å². The molecule has 0 aromatic heterocycles. The van der Waals surface area contributed by atoms with Crippen LogP contribution in [0.1, 0.15) is 92.3 Å². The highest BCUT2D eigenvalue weighted by molar-refractivity contribution is 5.97. The smallest absolute Gasteiger partial charge is 0.162 e. The van der Waals surface area contributed by atoms with Crippen LogP contribution in [0.2, 0.25) is 0 Å². The monoisotopic (exact) mass is 362 g/mol. The van der Waals surface area contributed by atoms with Crippen molar-refractivity contribution in [3.63, 3.8) is 0 Å². The van der Waals surface area contributed by atoms with E-state index in [0.29, 0.717) is 12.2 Å². The fraction of sp³-hybridized carbons (Fsp3) is 0.500. The van der Waals surface area contributed by atoms with Crippen molar-refractivity contribution in [2.75, 3.05) is 0 Å². The Morgan fingerprint density at radius 2 is 1.44 bits per heavy atom. The molecule has 3 rings (SSSR count). The fourth-order valence-electron chi connectivity index (χ4n) is 4.19. The lowest BCUT2D eigenvalue weighted by Crippen LogP contribution is -2.07. The number of ketones is 1. The number of benzene rings is 2. The molecule has 0 spiro atoms. The predicted molar refractivity (Wildman–Crippen MR) is 116 cm³/mol. The van der Waals surface area contributed by atoms with Gasteiger partial charge in [0, 0.05) is 12.0 Å². The van der Waals surface area contributed by atoms with Crippen LogP contribution in [0.3, 0.4) is 0 Å². The van der Waals surface area contributed by atoms with Crippen LogP contribution in [0.5, 0.6) is 0 Å². The molecule has 0 heterocycles. The summed E-state index contributed by atoms with van der Waals surface area (Å²) in [6.45, 7) is 4.47. The van der Waals surface area contributed by atoms with Gasteiger partial charge in [-0.1, -0.05) is 76.3 Å². The SMILES string of the molecule is CCCCCCCC(=O)c1ccc2c(c1)CCc1cc(CCCC)ccc1-2. The summed E-state index contributed by atoms with van der Waals surface area (Å²) in [5.74, 6) is 0.315. The molecule has 0 unspecified atom stereocenters. The van der Waals surface area contributed by atoms with Gasteiger partial charge >= 0.3 is 0 Å². The highest BCUT2D eigenvalue weighted by Gasteiger charge is 2.18. The van der Waals surface area contributed by atoms with Crippen molar-refractivity contribution in [2.45, 2.75) is 84.5 Å². The average molecular weight is 363 g/mol. The van der Waals surface area contributed by atoms with Crippen LogP contribution in [0, 0.1) is 0 Å². The van der Waals surface area contributed by atoms with E-state index >= 15 is 0 Å². The van der Waals surface area contributed by atoms with Gasteiger partial charge < -0.3 is 0 Å². The molecule has 27 heavy (non-hydrogen) atoms. The first kappa shape index (κ1) is 19.9. The van der Waals surface area contributed by atoms with Crippen LogP contribution < -0.4 is 0 Å². The van der Waals surface area contributed by atoms with E-state index in [1.807, 2.05) is 6.07 Å². The molecule has 0 saturated heterocycles. The molecule has 0 bridgehead atoms. The Bertz CT molecular complexity index is 772. The molecule has 144 valence electrons. The third-order valence-electron chi connectivity index (χ3n) is 5.88. The highest BCUT2D eigenvalue weighted by atomic mass is 16.1. The summed E-state index contributed by atoms with van der Waals surface area (Å²) in [6.07, 6.45) is 12.5. The van der Waals surface area contributed by atoms with Crippen molar-refractivity contribution in [3.05, 3.63) is 58.7 Å². The molecule has 0 fully saturated rings. The number of aryl methyl sites for hydroxylation is 3. The van der Waals surface area contributed by atoms with Crippen molar-refractivity contribution in [1.29, 1.82) is 0 Å². The van der Waals surface area contributed by atoms with Crippen LogP contribution in [0.4, 0.5) is 0 Å². The van der Waals surface area contributed by atoms with Crippen LogP contribution in [-0.4, -0.2) is 5.78 Å². The first-order valence-corrected chi connectivity index (χ1v) is 11.0. The van der Waals surface area contributed by atoms with E-state index in [-0.39, 0.29) is 0 Å². The van der Waals surface area contributed by atoms with Crippen molar-refractivity contribution in [3.8, 4) is 11.1 Å². The largest absolute Gasteiger partial charge is 0.294 e. The van der Waals surface area contributed by atoms with Crippen molar-refractivity contribution < 1.29 is 4.79 Å². The first-order valence-electron chi connectivity index (χ1n) is 11.0. The predicted octanol–water partition coefficient (Wildman–Crippen LogP) is 7.34. The molecule has 0 aliphatic heterocycles. The Hall–Kier alpha value is -1.89. The topological polar surface area (TPSA) is 17.1 Å². The molecule has 2 aromatic carbocycles. The van der Waals surface area contributed by atoms with Gasteiger partial charge in [-0.05, 0) is 66.0 Å². The van der Waals surface area contributed by atoms with E-state index in [2.05, 4.69) is 44.2 Å². The molecule has 1 nitrogen and oxygen atoms in total. The molecule has 0 N–H and O–H groups in total. The summed E-state index contributed by atoms with van der Waals surface area (Å²) < 4.78 is 0. The van der Waals surface area contributed by atoms with Gasteiger partial charge in [-0.15, -0.1) is 0 Å². The standard InChI is InChI=1S/C26H34O/c1-3-5-7-8-9-11-26(27)23-15-17-25-22(19-23)14-13-21-18-20(10-6-4-2)12-16-24(21)25/h12,15-19H,3-11,13-14H2,1-2H3. The van der Waals surface area contributed by atoms with Crippen molar-refractivity contribution >= 4 is 5.78 Å². The Balaban J connectivity index is 1.69. The molecular formula is C26H34O. The molecule has 0 amide bonds. The molecule has 1 aliphatic carbocycles. The lowest BCUT2D eigenvalue weighted by atomic mass is 9.83. The maximum absolute atomic E-state index is 12.6. The molecule has 0 radical (unpaired) electrons. The zero-order chi connectivity index (χ0) is 19.1. The Morgan fingerprint density at radius 3 is 2.19 bits per heavy atom. The van der Waals surface area contributed by atoms with Gasteiger partial charge in [-0.2, -0.15) is 0 Å². The number of Topliss-reactive ketones (excluding diaryl/α,β-unsaturated/α-hetero) is 1. The van der Waals surface area contributed by atoms with Gasteiger partial charge in [-0.3, -0.25) is 4.79 Å². The Morgan fingerprint density at radius 1 is 0.778 bits per heavy atom. The lowest BCUT2D eigenvalue weighted by molar-refractivity contribution is 0.0979. The molecule has 1 aliphatic rings. The normalized spacial score (nSPS) is 12.5. The van der Waals surface area contributed by atoms with Crippen LogP contribution >= 0.6 is 0 Å². The number of fused-ring (bicyclic) bond motifs is 3. The molecule has 2 aromatic rings. The average Bonchev–Trinajstić information content (AvgIpc) is 2.71. The minimum Gasteiger partial charge on any atom is -0.294 e. The van der Waals surface area contributed by atoms with Gasteiger partial charge in [-0.25, -0.2) is 0 Å². The van der Waals surface area contributed by atoms with Crippen LogP contribution in [0.25, 0.3) is 11.1 Å². The number of hydrogen-bond donors (Lipinski definition) is 0. The van der Waals surface area contributed by atoms with Gasteiger partial charge in [0.2, 0.25) is 0 Å². The highest BCUT2D eigenvalue weighted by Crippen LogP contribution is 2.35. The quantitative estimate of drug-likeness (QED) is 0.319. The molecular weight excluding hydrogens is 328 g/mol. The van der Waals surface area contributed by atoms with Gasteiger partial charge in [0.1, 0.15) is 0 Å². The second-order valence-corrected chi connectivity index (χ2v) is 8.05. The first-order chi connectivity index (χ1) is 13.2. The number of hydrogen-bond acceptors (Lipinski definition) is 1. The third kappa shape index (κ3) is 5.09. The van der Waals surface area contributed by atoms with E-state index in [1.54, 1.807) is 0 Å². The zero-order valence-corrected chi connectivity index (χ0v) is 17.2. The molecule has 1 heteroatoms. The summed E-state index contributed by atoms with van der Waals surface area (Å²) in [5, 5.41) is 0. The number of unbranched alkanes of at least 4 members (excludes halogenated alkanes) is 5. The third-order valence-corrected chi connectivity index (χ3v) is 5.88. The molecule has 0 saturated carbocycles. The summed E-state index contributed by atoms with van der Waals surface area (Å²) >= 11 is 0. The second-order valence-electron chi connectivity index (χ2n) is 8.05. The Labute approximate surface area is 165 Å². The Kier molecular flexibility index (Phi) is 7.26. The zero-order valence-electron chi connectivity index (χ0n) is 17.2. The van der Waals surface area contributed by atoms with E-state index in [1.165, 1.54) is 72.8 Å².